The maximum Gasteiger partial charge on any atom is 1.00 e. The van der Waals surface area contributed by atoms with E-state index in [1.165, 1.54) is 30.3 Å². The Hall–Kier alpha value is -3.31. The number of hydrogen-bond donors (Lipinski definition) is 5. The maximum atomic E-state index is 14.1. The van der Waals surface area contributed by atoms with Crippen molar-refractivity contribution in [3.8, 4) is 0 Å². The minimum Gasteiger partial charge on any atom is -1.00 e. The largest absolute Gasteiger partial charge is 1.00 e. The van der Waals surface area contributed by atoms with Crippen LogP contribution in [-0.4, -0.2) is 44.4 Å². The van der Waals surface area contributed by atoms with Crippen LogP contribution < -0.4 is 34.9 Å². The summed E-state index contributed by atoms with van der Waals surface area (Å²) in [5.41, 5.74) is 2.01. The van der Waals surface area contributed by atoms with Crippen molar-refractivity contribution >= 4 is 35.2 Å². The summed E-state index contributed by atoms with van der Waals surface area (Å²) in [6.07, 6.45) is -0.246. The van der Waals surface area contributed by atoms with Gasteiger partial charge >= 0.3 is 35.5 Å². The Morgan fingerprint density at radius 2 is 1.45 bits per heavy atom. The van der Waals surface area contributed by atoms with Crippen molar-refractivity contribution in [2.45, 2.75) is 63.6 Å². The van der Waals surface area contributed by atoms with Crippen LogP contribution in [0, 0.1) is 11.6 Å². The number of aromatic nitrogens is 1. The monoisotopic (exact) mass is 674 g/mol. The summed E-state index contributed by atoms with van der Waals surface area (Å²) in [4.78, 5) is 28.3. The molecule has 3 aromatic carbocycles. The zero-order valence-electron chi connectivity index (χ0n) is 27.9. The number of carbonyl (C=O) groups is 2. The standard InChI is InChI=1S/C36H37ClF2N2O5.Na.H/c1-35(2,21-8-12-24(38)13-9-21)31-29(17-16-27(42)19-28(43)20-30(44)45)41-33(34(46)40-26-7-5-6-23(37)18-26)32(31)36(3,4)22-10-14-25(39)15-11-22;;/h5-18,27-28,41-43H,19-20H2,1-4H3,(H,40,46)(H,44,45);;/q;+1;-1/b17-16+;;/t27-,28-;;/m1../s1. The SMILES string of the molecule is CC(C)(c1ccc(F)cc1)c1c(/C=C/[C@@H](O)C[C@@H](O)CC(=O)O)[nH]c(C(=O)Nc2cccc(Cl)c2)c1C(C)(C)c1ccc(F)cc1.[H-].[Na+]. The summed E-state index contributed by atoms with van der Waals surface area (Å²) in [6.45, 7) is 7.68. The first-order valence-electron chi connectivity index (χ1n) is 14.7. The fourth-order valence-electron chi connectivity index (χ4n) is 5.72. The first kappa shape index (κ1) is 38.1. The van der Waals surface area contributed by atoms with Crippen LogP contribution in [0.4, 0.5) is 14.5 Å². The van der Waals surface area contributed by atoms with Gasteiger partial charge < -0.3 is 27.0 Å². The maximum absolute atomic E-state index is 14.1. The van der Waals surface area contributed by atoms with E-state index in [1.54, 1.807) is 54.6 Å². The van der Waals surface area contributed by atoms with Crippen molar-refractivity contribution in [2.75, 3.05) is 5.32 Å². The molecule has 1 aromatic heterocycles. The molecule has 0 radical (unpaired) electrons. The summed E-state index contributed by atoms with van der Waals surface area (Å²) < 4.78 is 28.0. The average Bonchev–Trinajstić information content (AvgIpc) is 3.38. The van der Waals surface area contributed by atoms with Gasteiger partial charge in [0.1, 0.15) is 17.3 Å². The molecule has 0 aliphatic heterocycles. The van der Waals surface area contributed by atoms with Crippen molar-refractivity contribution in [3.05, 3.63) is 129 Å². The van der Waals surface area contributed by atoms with Gasteiger partial charge in [0.25, 0.3) is 5.91 Å². The van der Waals surface area contributed by atoms with Crippen molar-refractivity contribution in [2.24, 2.45) is 0 Å². The number of carboxylic acids is 1. The number of nitrogens with one attached hydrogen (secondary N) is 2. The third-order valence-corrected chi connectivity index (χ3v) is 8.36. The minimum absolute atomic E-state index is 0. The first-order chi connectivity index (χ1) is 21.6. The number of halogens is 3. The van der Waals surface area contributed by atoms with Crippen LogP contribution >= 0.6 is 11.6 Å². The van der Waals surface area contributed by atoms with Gasteiger partial charge in [0.15, 0.2) is 0 Å². The topological polar surface area (TPSA) is 123 Å². The Balaban J connectivity index is 0.00000400. The molecular weight excluding hydrogens is 637 g/mol. The molecule has 4 aromatic rings. The van der Waals surface area contributed by atoms with E-state index < -0.39 is 53.0 Å². The number of aliphatic hydroxyl groups excluding tert-OH is 2. The summed E-state index contributed by atoms with van der Waals surface area (Å²) in [5, 5.41) is 33.1. The number of aromatic amines is 1. The summed E-state index contributed by atoms with van der Waals surface area (Å²) in [5.74, 6) is -2.51. The van der Waals surface area contributed by atoms with Gasteiger partial charge in [-0.25, -0.2) is 8.78 Å². The molecule has 47 heavy (non-hydrogen) atoms. The Labute approximate surface area is 301 Å². The molecule has 1 heterocycles. The van der Waals surface area contributed by atoms with E-state index in [0.717, 1.165) is 5.56 Å². The van der Waals surface area contributed by atoms with E-state index >= 15 is 0 Å². The summed E-state index contributed by atoms with van der Waals surface area (Å²) >= 11 is 6.17. The zero-order chi connectivity index (χ0) is 33.8. The number of carboxylic acid groups (broad SMARTS) is 1. The number of anilines is 1. The number of benzene rings is 3. The molecule has 5 N–H and O–H groups in total. The van der Waals surface area contributed by atoms with Gasteiger partial charge in [-0.05, 0) is 70.8 Å². The van der Waals surface area contributed by atoms with Crippen LogP contribution in [0.3, 0.4) is 0 Å². The zero-order valence-corrected chi connectivity index (χ0v) is 29.7. The molecule has 0 spiro atoms. The summed E-state index contributed by atoms with van der Waals surface area (Å²) in [6, 6.07) is 18.7. The molecular formula is C36H38ClF2N2NaO5. The van der Waals surface area contributed by atoms with Crippen molar-refractivity contribution in [1.82, 2.24) is 4.98 Å². The molecule has 0 aliphatic carbocycles. The van der Waals surface area contributed by atoms with Crippen LogP contribution in [-0.2, 0) is 15.6 Å². The Morgan fingerprint density at radius 1 is 0.915 bits per heavy atom. The van der Waals surface area contributed by atoms with Gasteiger partial charge in [-0.15, -0.1) is 0 Å². The van der Waals surface area contributed by atoms with Crippen molar-refractivity contribution in [3.63, 3.8) is 0 Å². The van der Waals surface area contributed by atoms with E-state index in [4.69, 9.17) is 16.7 Å². The normalized spacial score (nSPS) is 13.2. The van der Waals surface area contributed by atoms with E-state index in [2.05, 4.69) is 10.3 Å². The third-order valence-electron chi connectivity index (χ3n) is 8.13. The van der Waals surface area contributed by atoms with Gasteiger partial charge in [-0.3, -0.25) is 9.59 Å². The molecule has 0 aliphatic rings. The molecule has 0 bridgehead atoms. The van der Waals surface area contributed by atoms with Gasteiger partial charge in [0, 0.05) is 33.7 Å². The molecule has 0 fully saturated rings. The summed E-state index contributed by atoms with van der Waals surface area (Å²) in [7, 11) is 0. The number of aliphatic carboxylic acids is 1. The van der Waals surface area contributed by atoms with Gasteiger partial charge in [-0.2, -0.15) is 0 Å². The van der Waals surface area contributed by atoms with Crippen molar-refractivity contribution in [1.29, 1.82) is 0 Å². The van der Waals surface area contributed by atoms with E-state index in [0.29, 0.717) is 33.1 Å². The third kappa shape index (κ3) is 9.19. The number of hydrogen-bond acceptors (Lipinski definition) is 4. The molecule has 0 saturated carbocycles. The molecule has 2 atom stereocenters. The fourth-order valence-corrected chi connectivity index (χ4v) is 5.91. The quantitative estimate of drug-likeness (QED) is 0.141. The van der Waals surface area contributed by atoms with Crippen LogP contribution in [0.2, 0.25) is 5.02 Å². The predicted octanol–water partition coefficient (Wildman–Crippen LogP) is 4.57. The molecule has 1 amide bonds. The Kier molecular flexibility index (Phi) is 12.8. The van der Waals surface area contributed by atoms with Gasteiger partial charge in [-0.1, -0.05) is 75.7 Å². The van der Waals surface area contributed by atoms with Crippen molar-refractivity contribution < 1.29 is 64.7 Å². The van der Waals surface area contributed by atoms with E-state index in [-0.39, 0.29) is 43.1 Å². The van der Waals surface area contributed by atoms with Crippen LogP contribution in [0.15, 0.2) is 78.9 Å². The number of carbonyl (C=O) groups excluding carboxylic acids is 1. The first-order valence-corrected chi connectivity index (χ1v) is 15.1. The predicted molar refractivity (Wildman–Crippen MR) is 176 cm³/mol. The molecule has 7 nitrogen and oxygen atoms in total. The van der Waals surface area contributed by atoms with Crippen LogP contribution in [0.5, 0.6) is 0 Å². The Morgan fingerprint density at radius 3 is 1.96 bits per heavy atom. The molecule has 0 saturated heterocycles. The number of H-pyrrole nitrogens is 1. The van der Waals surface area contributed by atoms with Crippen LogP contribution in [0.25, 0.3) is 6.08 Å². The number of aliphatic hydroxyl groups is 2. The minimum atomic E-state index is -1.28. The fraction of sp³-hybridized carbons (Fsp3) is 0.278. The molecule has 244 valence electrons. The number of rotatable bonds is 12. The van der Waals surface area contributed by atoms with Crippen LogP contribution in [0.1, 0.15) is 80.4 Å². The van der Waals surface area contributed by atoms with E-state index in [1.807, 2.05) is 27.7 Å². The Bertz CT molecular complexity index is 1740. The molecule has 4 rings (SSSR count). The average molecular weight is 675 g/mol. The van der Waals surface area contributed by atoms with Gasteiger partial charge in [0.2, 0.25) is 0 Å². The van der Waals surface area contributed by atoms with Gasteiger partial charge in [0.05, 0.1) is 18.6 Å². The second-order valence-corrected chi connectivity index (χ2v) is 12.7. The number of amides is 1. The molecule has 0 unspecified atom stereocenters. The smallest absolute Gasteiger partial charge is 1.00 e. The second kappa shape index (κ2) is 15.7. The van der Waals surface area contributed by atoms with E-state index in [9.17, 15) is 28.6 Å². The molecule has 11 heteroatoms. The second-order valence-electron chi connectivity index (χ2n) is 12.3.